The highest BCUT2D eigenvalue weighted by Gasteiger charge is 2.28. The minimum Gasteiger partial charge on any atom is -0.384 e. The molecule has 23 heavy (non-hydrogen) atoms. The van der Waals surface area contributed by atoms with Crippen LogP contribution in [-0.4, -0.2) is 47.5 Å². The predicted molar refractivity (Wildman–Crippen MR) is 88.2 cm³/mol. The van der Waals surface area contributed by atoms with Crippen LogP contribution in [0.1, 0.15) is 49.3 Å². The zero-order valence-corrected chi connectivity index (χ0v) is 14.3. The average Bonchev–Trinajstić information content (AvgIpc) is 3.33. The van der Waals surface area contributed by atoms with Crippen LogP contribution >= 0.6 is 0 Å². The maximum Gasteiger partial charge on any atom is 0.317 e. The van der Waals surface area contributed by atoms with Gasteiger partial charge >= 0.3 is 6.03 Å². The number of likely N-dealkylation sites (tertiary alicyclic amines) is 1. The van der Waals surface area contributed by atoms with Crippen LogP contribution in [-0.2, 0) is 18.3 Å². The fourth-order valence-corrected chi connectivity index (χ4v) is 3.49. The molecule has 0 radical (unpaired) electrons. The standard InChI is InChI=1S/C17H28N4O2/c1-20-16(15(9-19-20)14-6-7-14)10-18-17(22)21-8-4-3-5-13(11-21)12-23-2/h9,13-14H,3-8,10-12H2,1-2H3,(H,18,22). The first-order valence-corrected chi connectivity index (χ1v) is 8.71. The van der Waals surface area contributed by atoms with Crippen LogP contribution in [0.25, 0.3) is 0 Å². The monoisotopic (exact) mass is 320 g/mol. The molecule has 0 spiro atoms. The Kier molecular flexibility index (Phi) is 5.20. The summed E-state index contributed by atoms with van der Waals surface area (Å²) < 4.78 is 7.17. The molecule has 0 bridgehead atoms. The molecule has 128 valence electrons. The Morgan fingerprint density at radius 2 is 2.22 bits per heavy atom. The van der Waals surface area contributed by atoms with Crippen LogP contribution in [0.15, 0.2) is 6.20 Å². The van der Waals surface area contributed by atoms with Crippen molar-refractivity contribution in [2.24, 2.45) is 13.0 Å². The molecule has 1 aromatic rings. The lowest BCUT2D eigenvalue weighted by Crippen LogP contribution is -2.42. The van der Waals surface area contributed by atoms with E-state index in [9.17, 15) is 4.79 Å². The molecule has 1 unspecified atom stereocenters. The summed E-state index contributed by atoms with van der Waals surface area (Å²) in [6.45, 7) is 2.93. The van der Waals surface area contributed by atoms with Gasteiger partial charge in [-0.3, -0.25) is 4.68 Å². The number of hydrogen-bond acceptors (Lipinski definition) is 3. The minimum atomic E-state index is 0.0379. The van der Waals surface area contributed by atoms with Gasteiger partial charge in [-0.15, -0.1) is 0 Å². The van der Waals surface area contributed by atoms with Gasteiger partial charge < -0.3 is 15.0 Å². The van der Waals surface area contributed by atoms with Gasteiger partial charge in [0.1, 0.15) is 0 Å². The quantitative estimate of drug-likeness (QED) is 0.905. The summed E-state index contributed by atoms with van der Waals surface area (Å²) in [7, 11) is 3.69. The summed E-state index contributed by atoms with van der Waals surface area (Å²) in [6, 6.07) is 0.0379. The van der Waals surface area contributed by atoms with Gasteiger partial charge in [-0.1, -0.05) is 6.42 Å². The Morgan fingerprint density at radius 1 is 1.39 bits per heavy atom. The van der Waals surface area contributed by atoms with Crippen LogP contribution < -0.4 is 5.32 Å². The van der Waals surface area contributed by atoms with Crippen LogP contribution in [0.2, 0.25) is 0 Å². The number of aromatic nitrogens is 2. The number of carbonyl (C=O) groups excluding carboxylic acids is 1. The second-order valence-corrected chi connectivity index (χ2v) is 6.87. The van der Waals surface area contributed by atoms with Gasteiger partial charge in [-0.25, -0.2) is 4.79 Å². The molecular weight excluding hydrogens is 292 g/mol. The van der Waals surface area contributed by atoms with Crippen LogP contribution in [0.5, 0.6) is 0 Å². The van der Waals surface area contributed by atoms with E-state index in [1.54, 1.807) is 7.11 Å². The Hall–Kier alpha value is -1.56. The van der Waals surface area contributed by atoms with E-state index in [-0.39, 0.29) is 6.03 Å². The SMILES string of the molecule is COCC1CCCCN(C(=O)NCc2c(C3CC3)cnn2C)C1. The van der Waals surface area contributed by atoms with E-state index in [1.807, 2.05) is 22.8 Å². The summed E-state index contributed by atoms with van der Waals surface area (Å²) >= 11 is 0. The van der Waals surface area contributed by atoms with E-state index < -0.39 is 0 Å². The Labute approximate surface area is 138 Å². The number of urea groups is 1. The molecule has 3 rings (SSSR count). The van der Waals surface area contributed by atoms with E-state index in [0.29, 0.717) is 18.4 Å². The molecule has 1 aliphatic carbocycles. The molecule has 1 aromatic heterocycles. The maximum atomic E-state index is 12.5. The van der Waals surface area contributed by atoms with Crippen molar-refractivity contribution in [2.45, 2.75) is 44.6 Å². The summed E-state index contributed by atoms with van der Waals surface area (Å²) in [5.74, 6) is 1.10. The highest BCUT2D eigenvalue weighted by atomic mass is 16.5. The zero-order chi connectivity index (χ0) is 16.2. The largest absolute Gasteiger partial charge is 0.384 e. The Balaban J connectivity index is 1.57. The molecule has 2 aliphatic rings. The Bertz CT molecular complexity index is 539. The lowest BCUT2D eigenvalue weighted by atomic mass is 10.1. The average molecular weight is 320 g/mol. The van der Waals surface area contributed by atoms with E-state index >= 15 is 0 Å². The molecule has 6 heteroatoms. The van der Waals surface area contributed by atoms with Gasteiger partial charge in [-0.2, -0.15) is 5.10 Å². The van der Waals surface area contributed by atoms with Gasteiger partial charge in [0.15, 0.2) is 0 Å². The van der Waals surface area contributed by atoms with Crippen molar-refractivity contribution in [1.29, 1.82) is 0 Å². The molecule has 1 N–H and O–H groups in total. The zero-order valence-electron chi connectivity index (χ0n) is 14.3. The van der Waals surface area contributed by atoms with Crippen LogP contribution in [0.3, 0.4) is 0 Å². The number of rotatable bonds is 5. The maximum absolute atomic E-state index is 12.5. The number of ether oxygens (including phenoxy) is 1. The lowest BCUT2D eigenvalue weighted by Gasteiger charge is -2.24. The smallest absolute Gasteiger partial charge is 0.317 e. The molecule has 0 aromatic carbocycles. The fourth-order valence-electron chi connectivity index (χ4n) is 3.49. The first kappa shape index (κ1) is 16.3. The number of nitrogens with zero attached hydrogens (tertiary/aromatic N) is 3. The summed E-state index contributed by atoms with van der Waals surface area (Å²) in [4.78, 5) is 14.5. The molecule has 1 saturated carbocycles. The Morgan fingerprint density at radius 3 is 2.96 bits per heavy atom. The van der Waals surface area contributed by atoms with Gasteiger partial charge in [-0.05, 0) is 43.1 Å². The number of methoxy groups -OCH3 is 1. The number of aryl methyl sites for hydroxylation is 1. The lowest BCUT2D eigenvalue weighted by molar-refractivity contribution is 0.129. The first-order chi connectivity index (χ1) is 11.2. The second kappa shape index (κ2) is 7.34. The van der Waals surface area contributed by atoms with E-state index in [0.717, 1.165) is 38.2 Å². The third kappa shape index (κ3) is 4.05. The highest BCUT2D eigenvalue weighted by Crippen LogP contribution is 2.41. The molecule has 1 aliphatic heterocycles. The van der Waals surface area contributed by atoms with E-state index in [4.69, 9.17) is 4.74 Å². The van der Waals surface area contributed by atoms with Crippen molar-refractivity contribution in [1.82, 2.24) is 20.0 Å². The first-order valence-electron chi connectivity index (χ1n) is 8.71. The van der Waals surface area contributed by atoms with Crippen molar-refractivity contribution in [2.75, 3.05) is 26.8 Å². The molecule has 6 nitrogen and oxygen atoms in total. The molecular formula is C17H28N4O2. The van der Waals surface area contributed by atoms with Crippen molar-refractivity contribution in [3.63, 3.8) is 0 Å². The second-order valence-electron chi connectivity index (χ2n) is 6.87. The van der Waals surface area contributed by atoms with Crippen molar-refractivity contribution in [3.05, 3.63) is 17.5 Å². The summed E-state index contributed by atoms with van der Waals surface area (Å²) in [5, 5.41) is 7.45. The van der Waals surface area contributed by atoms with E-state index in [2.05, 4.69) is 10.4 Å². The van der Waals surface area contributed by atoms with Crippen LogP contribution in [0, 0.1) is 5.92 Å². The third-order valence-corrected chi connectivity index (χ3v) is 4.98. The van der Waals surface area contributed by atoms with Crippen LogP contribution in [0.4, 0.5) is 4.79 Å². The van der Waals surface area contributed by atoms with Crippen molar-refractivity contribution >= 4 is 6.03 Å². The third-order valence-electron chi connectivity index (χ3n) is 4.98. The fraction of sp³-hybridized carbons (Fsp3) is 0.765. The van der Waals surface area contributed by atoms with Gasteiger partial charge in [0.05, 0.1) is 25.0 Å². The minimum absolute atomic E-state index is 0.0379. The van der Waals surface area contributed by atoms with Gasteiger partial charge in [0.2, 0.25) is 0 Å². The molecule has 2 fully saturated rings. The molecule has 2 amide bonds. The van der Waals surface area contributed by atoms with E-state index in [1.165, 1.54) is 24.8 Å². The van der Waals surface area contributed by atoms with Gasteiger partial charge in [0, 0.05) is 27.2 Å². The normalized spacial score (nSPS) is 22.0. The predicted octanol–water partition coefficient (Wildman–Crippen LogP) is 2.26. The topological polar surface area (TPSA) is 59.4 Å². The summed E-state index contributed by atoms with van der Waals surface area (Å²) in [5.41, 5.74) is 2.45. The molecule has 2 heterocycles. The molecule has 1 saturated heterocycles. The highest BCUT2D eigenvalue weighted by molar-refractivity contribution is 5.74. The number of nitrogens with one attached hydrogen (secondary N) is 1. The molecule has 1 atom stereocenters. The number of carbonyl (C=O) groups is 1. The van der Waals surface area contributed by atoms with Gasteiger partial charge in [0.25, 0.3) is 0 Å². The van der Waals surface area contributed by atoms with Crippen molar-refractivity contribution in [3.8, 4) is 0 Å². The number of hydrogen-bond donors (Lipinski definition) is 1. The van der Waals surface area contributed by atoms with Crippen molar-refractivity contribution < 1.29 is 9.53 Å². The number of amides is 2. The summed E-state index contributed by atoms with van der Waals surface area (Å²) in [6.07, 6.45) is 7.85.